The zero-order chi connectivity index (χ0) is 43.1. The van der Waals surface area contributed by atoms with Crippen molar-refractivity contribution < 1.29 is 28.6 Å². The zero-order valence-corrected chi connectivity index (χ0v) is 40.2. The van der Waals surface area contributed by atoms with Crippen LogP contribution >= 0.6 is 0 Å². The highest BCUT2D eigenvalue weighted by molar-refractivity contribution is 5.71. The van der Waals surface area contributed by atoms with Gasteiger partial charge in [0.25, 0.3) is 0 Å². The fourth-order valence-corrected chi connectivity index (χ4v) is 8.04. The van der Waals surface area contributed by atoms with Gasteiger partial charge in [-0.15, -0.1) is 0 Å². The van der Waals surface area contributed by atoms with E-state index in [1.165, 1.54) is 193 Å². The third-order valence-corrected chi connectivity index (χ3v) is 12.0. The van der Waals surface area contributed by atoms with Crippen molar-refractivity contribution in [1.82, 2.24) is 0 Å². The van der Waals surface area contributed by atoms with Gasteiger partial charge in [-0.1, -0.05) is 259 Å². The summed E-state index contributed by atoms with van der Waals surface area (Å²) in [5.74, 6) is -0.0850. The predicted octanol–water partition coefficient (Wildman–Crippen LogP) is 17.1. The van der Waals surface area contributed by atoms with Crippen LogP contribution in [0.25, 0.3) is 0 Å². The molecule has 0 spiro atoms. The topological polar surface area (TPSA) is 78.9 Å². The van der Waals surface area contributed by atoms with Crippen LogP contribution in [0.1, 0.15) is 297 Å². The maximum atomic E-state index is 12.8. The third kappa shape index (κ3) is 47.3. The summed E-state index contributed by atoms with van der Waals surface area (Å²) in [5.41, 5.74) is 0. The van der Waals surface area contributed by atoms with Crippen LogP contribution in [0, 0.1) is 5.92 Å². The molecule has 0 N–H and O–H groups in total. The summed E-state index contributed by atoms with van der Waals surface area (Å²) in [7, 11) is 0. The van der Waals surface area contributed by atoms with E-state index < -0.39 is 6.10 Å². The van der Waals surface area contributed by atoms with Gasteiger partial charge in [0.05, 0.1) is 0 Å². The third-order valence-electron chi connectivity index (χ3n) is 12.0. The highest BCUT2D eigenvalue weighted by Crippen LogP contribution is 2.17. The van der Waals surface area contributed by atoms with Crippen LogP contribution in [-0.2, 0) is 28.6 Å². The quantitative estimate of drug-likeness (QED) is 0.0345. The second-order valence-corrected chi connectivity index (χ2v) is 18.6. The molecule has 0 heterocycles. The molecule has 59 heavy (non-hydrogen) atoms. The molecular formula is C53H102O6. The van der Waals surface area contributed by atoms with Crippen molar-refractivity contribution in [3.63, 3.8) is 0 Å². The number of hydrogen-bond donors (Lipinski definition) is 0. The Kier molecular flexibility index (Phi) is 46.2. The molecular weight excluding hydrogens is 733 g/mol. The lowest BCUT2D eigenvalue weighted by Gasteiger charge is -2.18. The second kappa shape index (κ2) is 47.5. The van der Waals surface area contributed by atoms with E-state index in [9.17, 15) is 14.4 Å². The number of unbranched alkanes of at least 4 members (excludes halogenated alkanes) is 35. The normalized spacial score (nSPS) is 11.9. The Hall–Kier alpha value is -1.59. The number of ether oxygens (including phenoxy) is 3. The Labute approximate surface area is 368 Å². The number of rotatable bonds is 48. The molecule has 6 heteroatoms. The van der Waals surface area contributed by atoms with Gasteiger partial charge in [0.1, 0.15) is 13.2 Å². The van der Waals surface area contributed by atoms with Crippen molar-refractivity contribution in [2.75, 3.05) is 13.2 Å². The SMILES string of the molecule is CCCCCCCCCCCCCCCCCCCCC(=O)O[C@@H](COC(=O)CCCCCCCCCCCCCCCC)COC(=O)CCCCCCCCC(C)C. The van der Waals surface area contributed by atoms with Crippen LogP contribution in [0.4, 0.5) is 0 Å². The molecule has 0 radical (unpaired) electrons. The van der Waals surface area contributed by atoms with E-state index in [0.717, 1.165) is 63.7 Å². The molecule has 0 amide bonds. The summed E-state index contributed by atoms with van der Waals surface area (Å²) >= 11 is 0. The van der Waals surface area contributed by atoms with E-state index >= 15 is 0 Å². The van der Waals surface area contributed by atoms with Gasteiger partial charge in [-0.2, -0.15) is 0 Å². The fraction of sp³-hybridized carbons (Fsp3) is 0.943. The minimum Gasteiger partial charge on any atom is -0.462 e. The number of hydrogen-bond acceptors (Lipinski definition) is 6. The van der Waals surface area contributed by atoms with Gasteiger partial charge in [0.15, 0.2) is 6.10 Å². The Balaban J connectivity index is 4.24. The molecule has 0 aromatic carbocycles. The number of carbonyl (C=O) groups is 3. The molecule has 0 bridgehead atoms. The summed E-state index contributed by atoms with van der Waals surface area (Å²) in [6, 6.07) is 0. The summed E-state index contributed by atoms with van der Waals surface area (Å²) in [6.07, 6.45) is 49.6. The van der Waals surface area contributed by atoms with Crippen LogP contribution in [0.2, 0.25) is 0 Å². The van der Waals surface area contributed by atoms with Crippen LogP contribution < -0.4 is 0 Å². The molecule has 0 saturated heterocycles. The van der Waals surface area contributed by atoms with Crippen LogP contribution in [0.5, 0.6) is 0 Å². The first kappa shape index (κ1) is 57.4. The highest BCUT2D eigenvalue weighted by Gasteiger charge is 2.19. The Morgan fingerprint density at radius 3 is 0.831 bits per heavy atom. The van der Waals surface area contributed by atoms with Crippen molar-refractivity contribution in [2.45, 2.75) is 303 Å². The van der Waals surface area contributed by atoms with E-state index in [-0.39, 0.29) is 31.1 Å². The molecule has 0 rings (SSSR count). The molecule has 0 aliphatic rings. The molecule has 0 saturated carbocycles. The van der Waals surface area contributed by atoms with E-state index in [1.54, 1.807) is 0 Å². The number of esters is 3. The molecule has 1 atom stereocenters. The predicted molar refractivity (Wildman–Crippen MR) is 252 cm³/mol. The summed E-state index contributed by atoms with van der Waals surface area (Å²) in [5, 5.41) is 0. The minimum absolute atomic E-state index is 0.0635. The first-order valence-corrected chi connectivity index (χ1v) is 26.4. The van der Waals surface area contributed by atoms with E-state index in [4.69, 9.17) is 14.2 Å². The minimum atomic E-state index is -0.761. The van der Waals surface area contributed by atoms with E-state index in [0.29, 0.717) is 19.3 Å². The second-order valence-electron chi connectivity index (χ2n) is 18.6. The van der Waals surface area contributed by atoms with Crippen LogP contribution in [0.15, 0.2) is 0 Å². The highest BCUT2D eigenvalue weighted by atomic mass is 16.6. The Bertz CT molecular complexity index is 887. The van der Waals surface area contributed by atoms with Crippen molar-refractivity contribution in [3.05, 3.63) is 0 Å². The fourth-order valence-electron chi connectivity index (χ4n) is 8.04. The Morgan fingerprint density at radius 1 is 0.322 bits per heavy atom. The molecule has 350 valence electrons. The summed E-state index contributed by atoms with van der Waals surface area (Å²) in [6.45, 7) is 8.96. The van der Waals surface area contributed by atoms with E-state index in [1.807, 2.05) is 0 Å². The van der Waals surface area contributed by atoms with Gasteiger partial charge in [-0.05, 0) is 25.2 Å². The van der Waals surface area contributed by atoms with E-state index in [2.05, 4.69) is 27.7 Å². The van der Waals surface area contributed by atoms with Gasteiger partial charge < -0.3 is 14.2 Å². The lowest BCUT2D eigenvalue weighted by atomic mass is 10.0. The maximum Gasteiger partial charge on any atom is 0.306 e. The Morgan fingerprint density at radius 2 is 0.559 bits per heavy atom. The molecule has 0 aromatic rings. The monoisotopic (exact) mass is 835 g/mol. The standard InChI is InChI=1S/C53H102O6/c1-5-7-9-11-13-15-17-19-21-22-23-24-26-28-30-32-38-42-46-53(56)59-50(48-58-52(55)45-41-37-34-33-35-39-43-49(3)4)47-57-51(54)44-40-36-31-29-27-25-20-18-16-14-12-10-8-6-2/h49-50H,5-48H2,1-4H3/t50-/m0/s1. The van der Waals surface area contributed by atoms with Gasteiger partial charge in [-0.25, -0.2) is 0 Å². The van der Waals surface area contributed by atoms with Crippen molar-refractivity contribution in [1.29, 1.82) is 0 Å². The first-order valence-electron chi connectivity index (χ1n) is 26.4. The maximum absolute atomic E-state index is 12.8. The van der Waals surface area contributed by atoms with Crippen LogP contribution in [0.3, 0.4) is 0 Å². The molecule has 6 nitrogen and oxygen atoms in total. The molecule has 0 fully saturated rings. The molecule has 0 aliphatic carbocycles. The average molecular weight is 835 g/mol. The zero-order valence-electron chi connectivity index (χ0n) is 40.2. The van der Waals surface area contributed by atoms with Gasteiger partial charge >= 0.3 is 17.9 Å². The summed E-state index contributed by atoms with van der Waals surface area (Å²) in [4.78, 5) is 37.9. The van der Waals surface area contributed by atoms with Crippen molar-refractivity contribution in [3.8, 4) is 0 Å². The average Bonchev–Trinajstić information content (AvgIpc) is 3.22. The van der Waals surface area contributed by atoms with Crippen LogP contribution in [-0.4, -0.2) is 37.2 Å². The number of carbonyl (C=O) groups excluding carboxylic acids is 3. The van der Waals surface area contributed by atoms with Gasteiger partial charge in [-0.3, -0.25) is 14.4 Å². The van der Waals surface area contributed by atoms with Crippen molar-refractivity contribution >= 4 is 17.9 Å². The molecule has 0 aliphatic heterocycles. The molecule has 0 unspecified atom stereocenters. The van der Waals surface area contributed by atoms with Gasteiger partial charge in [0.2, 0.25) is 0 Å². The summed E-state index contributed by atoms with van der Waals surface area (Å²) < 4.78 is 16.8. The molecule has 0 aromatic heterocycles. The lowest BCUT2D eigenvalue weighted by molar-refractivity contribution is -0.167. The lowest BCUT2D eigenvalue weighted by Crippen LogP contribution is -2.30. The smallest absolute Gasteiger partial charge is 0.306 e. The largest absolute Gasteiger partial charge is 0.462 e. The van der Waals surface area contributed by atoms with Crippen molar-refractivity contribution in [2.24, 2.45) is 5.92 Å². The first-order chi connectivity index (χ1) is 28.9. The van der Waals surface area contributed by atoms with Gasteiger partial charge in [0, 0.05) is 19.3 Å².